The lowest BCUT2D eigenvalue weighted by molar-refractivity contribution is -0.142. The van der Waals surface area contributed by atoms with Crippen molar-refractivity contribution in [2.24, 2.45) is 5.92 Å². The second-order valence-corrected chi connectivity index (χ2v) is 6.19. The maximum absolute atomic E-state index is 13.4. The van der Waals surface area contributed by atoms with Crippen LogP contribution in [0.5, 0.6) is 5.75 Å². The molecule has 3 unspecified atom stereocenters. The molecule has 2 fully saturated rings. The van der Waals surface area contributed by atoms with Crippen LogP contribution in [0.25, 0.3) is 0 Å². The molecule has 1 saturated heterocycles. The fourth-order valence-corrected chi connectivity index (χ4v) is 3.96. The van der Waals surface area contributed by atoms with E-state index in [1.807, 2.05) is 4.90 Å². The number of phenolic OH excluding ortho intramolecular Hbond substituents is 1. The summed E-state index contributed by atoms with van der Waals surface area (Å²) in [6.45, 7) is 0.378. The van der Waals surface area contributed by atoms with Crippen LogP contribution in [0.3, 0.4) is 0 Å². The smallest absolute Gasteiger partial charge is 0.320 e. The molecule has 3 atom stereocenters. The van der Waals surface area contributed by atoms with E-state index in [4.69, 9.17) is 0 Å². The van der Waals surface area contributed by atoms with Gasteiger partial charge in [0.05, 0.1) is 0 Å². The Morgan fingerprint density at radius 1 is 1.29 bits per heavy atom. The Morgan fingerprint density at radius 2 is 2.05 bits per heavy atom. The van der Waals surface area contributed by atoms with Crippen molar-refractivity contribution in [3.63, 3.8) is 0 Å². The number of fused-ring (bicyclic) bond motifs is 1. The highest BCUT2D eigenvalue weighted by Gasteiger charge is 2.44. The van der Waals surface area contributed by atoms with Gasteiger partial charge in [0, 0.05) is 18.7 Å². The Balaban J connectivity index is 1.84. The van der Waals surface area contributed by atoms with Gasteiger partial charge in [-0.2, -0.15) is 0 Å². The number of rotatable bonds is 3. The molecule has 5 heteroatoms. The van der Waals surface area contributed by atoms with Gasteiger partial charge in [-0.1, -0.05) is 12.8 Å². The third-order valence-electron chi connectivity index (χ3n) is 4.81. The first-order valence-corrected chi connectivity index (χ1v) is 7.51. The summed E-state index contributed by atoms with van der Waals surface area (Å²) in [5, 5.41) is 19.0. The summed E-state index contributed by atoms with van der Waals surface area (Å²) in [6, 6.07) is 3.71. The van der Waals surface area contributed by atoms with Gasteiger partial charge in [-0.15, -0.1) is 0 Å². The summed E-state index contributed by atoms with van der Waals surface area (Å²) in [4.78, 5) is 13.5. The van der Waals surface area contributed by atoms with Crippen LogP contribution in [0.4, 0.5) is 4.39 Å². The number of hydrogen-bond donors (Lipinski definition) is 2. The number of likely N-dealkylation sites (tertiary alicyclic amines) is 1. The first-order chi connectivity index (χ1) is 10.0. The number of carboxylic acids is 1. The van der Waals surface area contributed by atoms with Crippen LogP contribution >= 0.6 is 0 Å². The highest BCUT2D eigenvalue weighted by molar-refractivity contribution is 5.74. The fraction of sp³-hybridized carbons (Fsp3) is 0.562. The van der Waals surface area contributed by atoms with Gasteiger partial charge in [0.1, 0.15) is 17.6 Å². The number of halogens is 1. The monoisotopic (exact) mass is 293 g/mol. The minimum absolute atomic E-state index is 0.115. The Kier molecular flexibility index (Phi) is 3.85. The van der Waals surface area contributed by atoms with Gasteiger partial charge >= 0.3 is 5.97 Å². The van der Waals surface area contributed by atoms with Crippen LogP contribution in [0.15, 0.2) is 18.2 Å². The van der Waals surface area contributed by atoms with E-state index in [1.165, 1.54) is 18.6 Å². The maximum atomic E-state index is 13.4. The number of nitrogens with zero attached hydrogens (tertiary/aromatic N) is 1. The molecule has 2 N–H and O–H groups in total. The number of aromatic hydroxyl groups is 1. The third-order valence-corrected chi connectivity index (χ3v) is 4.81. The van der Waals surface area contributed by atoms with Crippen molar-refractivity contribution < 1.29 is 19.4 Å². The molecule has 1 heterocycles. The molecule has 1 aliphatic carbocycles. The zero-order valence-corrected chi connectivity index (χ0v) is 11.8. The van der Waals surface area contributed by atoms with Crippen molar-refractivity contribution in [2.75, 3.05) is 0 Å². The Bertz CT molecular complexity index is 528. The van der Waals surface area contributed by atoms with Crippen molar-refractivity contribution in [2.45, 2.75) is 50.7 Å². The summed E-state index contributed by atoms with van der Waals surface area (Å²) < 4.78 is 13.4. The van der Waals surface area contributed by atoms with E-state index in [9.17, 15) is 19.4 Å². The van der Waals surface area contributed by atoms with Gasteiger partial charge in [-0.3, -0.25) is 9.69 Å². The number of hydrogen-bond acceptors (Lipinski definition) is 3. The second kappa shape index (κ2) is 5.64. The summed E-state index contributed by atoms with van der Waals surface area (Å²) in [5.74, 6) is -0.973. The van der Waals surface area contributed by atoms with Crippen LogP contribution in [0.1, 0.15) is 37.7 Å². The topological polar surface area (TPSA) is 60.8 Å². The lowest BCUT2D eigenvalue weighted by Gasteiger charge is -2.33. The molecule has 1 aromatic rings. The van der Waals surface area contributed by atoms with Crippen molar-refractivity contribution in [3.05, 3.63) is 29.6 Å². The maximum Gasteiger partial charge on any atom is 0.320 e. The molecular weight excluding hydrogens is 273 g/mol. The Hall–Kier alpha value is -1.62. The average molecular weight is 293 g/mol. The molecule has 0 spiro atoms. The molecule has 1 aliphatic heterocycles. The van der Waals surface area contributed by atoms with E-state index in [-0.39, 0.29) is 11.8 Å². The Morgan fingerprint density at radius 3 is 2.76 bits per heavy atom. The molecule has 4 nitrogen and oxygen atoms in total. The predicted octanol–water partition coefficient (Wildman–Crippen LogP) is 2.75. The number of aliphatic carboxylic acids is 1. The van der Waals surface area contributed by atoms with Crippen LogP contribution in [0, 0.1) is 11.7 Å². The molecule has 114 valence electrons. The third kappa shape index (κ3) is 2.88. The van der Waals surface area contributed by atoms with E-state index >= 15 is 0 Å². The predicted molar refractivity (Wildman–Crippen MR) is 75.4 cm³/mol. The molecule has 21 heavy (non-hydrogen) atoms. The fourth-order valence-electron chi connectivity index (χ4n) is 3.96. The highest BCUT2D eigenvalue weighted by atomic mass is 19.1. The molecule has 1 saturated carbocycles. The molecule has 0 radical (unpaired) electrons. The van der Waals surface area contributed by atoms with Gasteiger partial charge in [-0.05, 0) is 42.9 Å². The number of carbonyl (C=O) groups is 1. The molecule has 0 amide bonds. The molecule has 0 bridgehead atoms. The number of phenols is 1. The lowest BCUT2D eigenvalue weighted by Crippen LogP contribution is -2.41. The zero-order chi connectivity index (χ0) is 15.0. The van der Waals surface area contributed by atoms with Gasteiger partial charge in [0.25, 0.3) is 0 Å². The first-order valence-electron chi connectivity index (χ1n) is 7.51. The SMILES string of the molecule is O=C(O)C1CC2CCCCC2N1Cc1cc(O)cc(F)c1. The van der Waals surface area contributed by atoms with Gasteiger partial charge in [0.2, 0.25) is 0 Å². The Labute approximate surface area is 123 Å². The van der Waals surface area contributed by atoms with Gasteiger partial charge in [-0.25, -0.2) is 4.39 Å². The van der Waals surface area contributed by atoms with Crippen LogP contribution in [0.2, 0.25) is 0 Å². The molecular formula is C16H20FNO3. The van der Waals surface area contributed by atoms with E-state index in [1.54, 1.807) is 0 Å². The minimum Gasteiger partial charge on any atom is -0.508 e. The van der Waals surface area contributed by atoms with Crippen molar-refractivity contribution in [1.29, 1.82) is 0 Å². The summed E-state index contributed by atoms with van der Waals surface area (Å²) in [6.07, 6.45) is 5.07. The molecule has 3 rings (SSSR count). The average Bonchev–Trinajstić information content (AvgIpc) is 2.77. The zero-order valence-electron chi connectivity index (χ0n) is 11.8. The van der Waals surface area contributed by atoms with E-state index in [2.05, 4.69) is 0 Å². The second-order valence-electron chi connectivity index (χ2n) is 6.19. The van der Waals surface area contributed by atoms with Crippen LogP contribution in [-0.4, -0.2) is 33.2 Å². The van der Waals surface area contributed by atoms with Crippen LogP contribution in [-0.2, 0) is 11.3 Å². The highest BCUT2D eigenvalue weighted by Crippen LogP contribution is 2.40. The molecule has 1 aromatic carbocycles. The largest absolute Gasteiger partial charge is 0.508 e. The van der Waals surface area contributed by atoms with Crippen LogP contribution < -0.4 is 0 Å². The van der Waals surface area contributed by atoms with E-state index in [0.29, 0.717) is 24.4 Å². The van der Waals surface area contributed by atoms with Crippen molar-refractivity contribution in [1.82, 2.24) is 4.90 Å². The standard InChI is InChI=1S/C16H20FNO3/c17-12-5-10(6-13(19)8-12)9-18-14-4-2-1-3-11(14)7-15(18)16(20)21/h5-6,8,11,14-15,19H,1-4,7,9H2,(H,20,21). The van der Waals surface area contributed by atoms with E-state index in [0.717, 1.165) is 25.3 Å². The van der Waals surface area contributed by atoms with Crippen molar-refractivity contribution >= 4 is 5.97 Å². The normalized spacial score (nSPS) is 29.3. The summed E-state index contributed by atoms with van der Waals surface area (Å²) >= 11 is 0. The quantitative estimate of drug-likeness (QED) is 0.899. The molecule has 0 aromatic heterocycles. The van der Waals surface area contributed by atoms with E-state index < -0.39 is 17.8 Å². The van der Waals surface area contributed by atoms with Gasteiger partial charge < -0.3 is 10.2 Å². The summed E-state index contributed by atoms with van der Waals surface area (Å²) in [5.41, 5.74) is 0.630. The lowest BCUT2D eigenvalue weighted by atomic mass is 9.84. The molecule has 2 aliphatic rings. The first kappa shape index (κ1) is 14.3. The van der Waals surface area contributed by atoms with Crippen molar-refractivity contribution in [3.8, 4) is 5.75 Å². The summed E-state index contributed by atoms with van der Waals surface area (Å²) in [7, 11) is 0. The minimum atomic E-state index is -0.801. The number of carboxylic acid groups (broad SMARTS) is 1. The number of benzene rings is 1. The van der Waals surface area contributed by atoms with Gasteiger partial charge in [0.15, 0.2) is 0 Å².